The first-order valence-electron chi connectivity index (χ1n) is 6.47. The van der Waals surface area contributed by atoms with Crippen molar-refractivity contribution in [2.24, 2.45) is 5.92 Å². The molecule has 0 atom stereocenters. The first kappa shape index (κ1) is 16.2. The lowest BCUT2D eigenvalue weighted by atomic mass is 10.2. The van der Waals surface area contributed by atoms with Gasteiger partial charge in [-0.2, -0.15) is 0 Å². The van der Waals surface area contributed by atoms with Crippen molar-refractivity contribution < 1.29 is 9.53 Å². The molecule has 0 aliphatic heterocycles. The number of rotatable bonds is 9. The smallest absolute Gasteiger partial charge is 0.305 e. The van der Waals surface area contributed by atoms with E-state index in [-0.39, 0.29) is 5.97 Å². The Morgan fingerprint density at radius 1 is 1.47 bits per heavy atom. The molecule has 108 valence electrons. The number of esters is 1. The van der Waals surface area contributed by atoms with E-state index in [2.05, 4.69) is 29.4 Å². The number of hydrogen-bond donors (Lipinski definition) is 1. The summed E-state index contributed by atoms with van der Waals surface area (Å²) in [6, 6.07) is 0. The zero-order chi connectivity index (χ0) is 14.1. The van der Waals surface area contributed by atoms with Crippen LogP contribution in [0.4, 0.5) is 5.13 Å². The van der Waals surface area contributed by atoms with Gasteiger partial charge in [0.15, 0.2) is 4.34 Å². The number of carbonyl (C=O) groups is 1. The summed E-state index contributed by atoms with van der Waals surface area (Å²) in [6.07, 6.45) is 1.27. The van der Waals surface area contributed by atoms with Gasteiger partial charge in [0.1, 0.15) is 0 Å². The van der Waals surface area contributed by atoms with Crippen molar-refractivity contribution in [2.45, 2.75) is 38.0 Å². The summed E-state index contributed by atoms with van der Waals surface area (Å²) in [6.45, 7) is 7.48. The SMILES string of the molecule is CCOC(=O)CCCSc1nnc(NCC(C)C)s1. The third-order valence-corrected chi connectivity index (χ3v) is 4.22. The van der Waals surface area contributed by atoms with Crippen LogP contribution in [0.2, 0.25) is 0 Å². The summed E-state index contributed by atoms with van der Waals surface area (Å²) >= 11 is 3.19. The third kappa shape index (κ3) is 7.37. The lowest BCUT2D eigenvalue weighted by Crippen LogP contribution is -2.07. The van der Waals surface area contributed by atoms with E-state index in [9.17, 15) is 4.79 Å². The number of nitrogens with one attached hydrogen (secondary N) is 1. The van der Waals surface area contributed by atoms with Crippen LogP contribution in [-0.2, 0) is 9.53 Å². The largest absolute Gasteiger partial charge is 0.466 e. The summed E-state index contributed by atoms with van der Waals surface area (Å²) < 4.78 is 5.81. The first-order chi connectivity index (χ1) is 9.11. The molecule has 0 saturated carbocycles. The molecule has 0 saturated heterocycles. The Hall–Kier alpha value is -0.820. The maximum atomic E-state index is 11.1. The van der Waals surface area contributed by atoms with Gasteiger partial charge >= 0.3 is 5.97 Å². The van der Waals surface area contributed by atoms with Crippen molar-refractivity contribution in [2.75, 3.05) is 24.2 Å². The van der Waals surface area contributed by atoms with Gasteiger partial charge in [-0.1, -0.05) is 36.9 Å². The molecule has 5 nitrogen and oxygen atoms in total. The molecule has 0 aliphatic rings. The van der Waals surface area contributed by atoms with Gasteiger partial charge in [0.25, 0.3) is 0 Å². The van der Waals surface area contributed by atoms with Crippen molar-refractivity contribution >= 4 is 34.2 Å². The van der Waals surface area contributed by atoms with E-state index in [1.807, 2.05) is 6.92 Å². The van der Waals surface area contributed by atoms with Crippen LogP contribution in [0.15, 0.2) is 4.34 Å². The second-order valence-corrected chi connectivity index (χ2v) is 6.72. The monoisotopic (exact) mass is 303 g/mol. The first-order valence-corrected chi connectivity index (χ1v) is 8.27. The normalized spacial score (nSPS) is 10.7. The molecule has 0 unspecified atom stereocenters. The summed E-state index contributed by atoms with van der Waals surface area (Å²) in [5.74, 6) is 1.32. The average Bonchev–Trinajstić information content (AvgIpc) is 2.80. The molecule has 7 heteroatoms. The fraction of sp³-hybridized carbons (Fsp3) is 0.750. The Bertz CT molecular complexity index is 383. The Morgan fingerprint density at radius 2 is 2.26 bits per heavy atom. The molecule has 1 rings (SSSR count). The van der Waals surface area contributed by atoms with Gasteiger partial charge in [-0.15, -0.1) is 10.2 Å². The van der Waals surface area contributed by atoms with E-state index in [1.54, 1.807) is 23.1 Å². The minimum absolute atomic E-state index is 0.125. The Balaban J connectivity index is 2.17. The number of aromatic nitrogens is 2. The Morgan fingerprint density at radius 3 is 2.95 bits per heavy atom. The van der Waals surface area contributed by atoms with Gasteiger partial charge in [0, 0.05) is 18.7 Å². The predicted molar refractivity (Wildman–Crippen MR) is 79.8 cm³/mol. The van der Waals surface area contributed by atoms with E-state index in [4.69, 9.17) is 4.74 Å². The Labute approximate surface area is 122 Å². The van der Waals surface area contributed by atoms with Gasteiger partial charge in [0.2, 0.25) is 5.13 Å². The third-order valence-electron chi connectivity index (χ3n) is 2.12. The minimum Gasteiger partial charge on any atom is -0.466 e. The predicted octanol–water partition coefficient (Wildman–Crippen LogP) is 3.04. The zero-order valence-corrected chi connectivity index (χ0v) is 13.3. The standard InChI is InChI=1S/C12H21N3O2S2/c1-4-17-10(16)6-5-7-18-12-15-14-11(19-12)13-8-9(2)3/h9H,4-8H2,1-3H3,(H,13,14). The number of anilines is 1. The molecule has 0 amide bonds. The van der Waals surface area contributed by atoms with Crippen LogP contribution in [0.5, 0.6) is 0 Å². The molecule has 0 aromatic carbocycles. The highest BCUT2D eigenvalue weighted by atomic mass is 32.2. The molecule has 0 spiro atoms. The summed E-state index contributed by atoms with van der Waals surface area (Å²) in [5, 5.41) is 12.3. The van der Waals surface area contributed by atoms with E-state index in [0.717, 1.165) is 28.2 Å². The second kappa shape index (κ2) is 9.14. The molecule has 0 fully saturated rings. The molecular formula is C12H21N3O2S2. The van der Waals surface area contributed by atoms with Crippen LogP contribution >= 0.6 is 23.1 Å². The molecule has 0 aliphatic carbocycles. The van der Waals surface area contributed by atoms with Crippen molar-refractivity contribution in [3.8, 4) is 0 Å². The quantitative estimate of drug-likeness (QED) is 0.430. The van der Waals surface area contributed by atoms with Crippen LogP contribution < -0.4 is 5.32 Å². The molecule has 1 heterocycles. The highest BCUT2D eigenvalue weighted by Gasteiger charge is 2.06. The molecule has 1 aromatic heterocycles. The highest BCUT2D eigenvalue weighted by molar-refractivity contribution is 8.01. The topological polar surface area (TPSA) is 64.1 Å². The molecule has 19 heavy (non-hydrogen) atoms. The fourth-order valence-electron chi connectivity index (χ4n) is 1.24. The van der Waals surface area contributed by atoms with Crippen molar-refractivity contribution in [3.05, 3.63) is 0 Å². The van der Waals surface area contributed by atoms with Crippen LogP contribution in [0.3, 0.4) is 0 Å². The Kier molecular flexibility index (Phi) is 7.81. The van der Waals surface area contributed by atoms with Gasteiger partial charge in [-0.3, -0.25) is 4.79 Å². The van der Waals surface area contributed by atoms with E-state index < -0.39 is 0 Å². The molecular weight excluding hydrogens is 282 g/mol. The number of nitrogens with zero attached hydrogens (tertiary/aromatic N) is 2. The van der Waals surface area contributed by atoms with Gasteiger partial charge < -0.3 is 10.1 Å². The zero-order valence-electron chi connectivity index (χ0n) is 11.6. The van der Waals surface area contributed by atoms with Crippen LogP contribution in [-0.4, -0.2) is 35.1 Å². The summed E-state index contributed by atoms with van der Waals surface area (Å²) in [4.78, 5) is 11.1. The number of thioether (sulfide) groups is 1. The fourth-order valence-corrected chi connectivity index (χ4v) is 3.01. The molecule has 0 radical (unpaired) electrons. The van der Waals surface area contributed by atoms with Crippen LogP contribution in [0.25, 0.3) is 0 Å². The van der Waals surface area contributed by atoms with Crippen molar-refractivity contribution in [1.29, 1.82) is 0 Å². The lowest BCUT2D eigenvalue weighted by Gasteiger charge is -2.03. The number of ether oxygens (including phenoxy) is 1. The summed E-state index contributed by atoms with van der Waals surface area (Å²) in [7, 11) is 0. The van der Waals surface area contributed by atoms with Gasteiger partial charge in [-0.25, -0.2) is 0 Å². The van der Waals surface area contributed by atoms with E-state index in [1.165, 1.54) is 0 Å². The average molecular weight is 303 g/mol. The van der Waals surface area contributed by atoms with E-state index in [0.29, 0.717) is 18.9 Å². The molecule has 1 N–H and O–H groups in total. The molecule has 1 aromatic rings. The van der Waals surface area contributed by atoms with Crippen molar-refractivity contribution in [3.63, 3.8) is 0 Å². The van der Waals surface area contributed by atoms with Crippen LogP contribution in [0, 0.1) is 5.92 Å². The summed E-state index contributed by atoms with van der Waals surface area (Å²) in [5.41, 5.74) is 0. The maximum Gasteiger partial charge on any atom is 0.305 e. The lowest BCUT2D eigenvalue weighted by molar-refractivity contribution is -0.143. The second-order valence-electron chi connectivity index (χ2n) is 4.40. The van der Waals surface area contributed by atoms with Crippen molar-refractivity contribution in [1.82, 2.24) is 10.2 Å². The maximum absolute atomic E-state index is 11.1. The highest BCUT2D eigenvalue weighted by Crippen LogP contribution is 2.26. The number of hydrogen-bond acceptors (Lipinski definition) is 7. The minimum atomic E-state index is -0.125. The van der Waals surface area contributed by atoms with Gasteiger partial charge in [0.05, 0.1) is 6.61 Å². The van der Waals surface area contributed by atoms with E-state index >= 15 is 0 Å². The van der Waals surface area contributed by atoms with Crippen LogP contribution in [0.1, 0.15) is 33.6 Å². The van der Waals surface area contributed by atoms with Gasteiger partial charge in [-0.05, 0) is 19.3 Å². The molecule has 0 bridgehead atoms. The number of carbonyl (C=O) groups excluding carboxylic acids is 1.